The minimum Gasteiger partial charge on any atom is -0.365 e. The lowest BCUT2D eigenvalue weighted by Crippen LogP contribution is -2.44. The van der Waals surface area contributed by atoms with Crippen LogP contribution in [-0.4, -0.2) is 34.2 Å². The molecular weight excluding hydrogens is 404 g/mol. The Morgan fingerprint density at radius 1 is 1.31 bits per heavy atom. The van der Waals surface area contributed by atoms with Crippen LogP contribution in [0.15, 0.2) is 30.0 Å². The molecule has 1 aromatic heterocycles. The molecule has 0 radical (unpaired) electrons. The zero-order chi connectivity index (χ0) is 22.7. The summed E-state index contributed by atoms with van der Waals surface area (Å²) in [6.07, 6.45) is 14.6. The number of rotatable bonds is 8. The van der Waals surface area contributed by atoms with Crippen LogP contribution in [0, 0.1) is 23.2 Å². The number of carbonyl (C=O) groups excluding carboxylic acids is 2. The van der Waals surface area contributed by atoms with Gasteiger partial charge in [-0.2, -0.15) is 10.4 Å². The highest BCUT2D eigenvalue weighted by molar-refractivity contribution is 6.02. The van der Waals surface area contributed by atoms with Crippen molar-refractivity contribution in [2.75, 3.05) is 11.9 Å². The van der Waals surface area contributed by atoms with E-state index in [4.69, 9.17) is 5.73 Å². The van der Waals surface area contributed by atoms with Crippen molar-refractivity contribution < 1.29 is 9.59 Å². The Labute approximate surface area is 188 Å². The molecule has 2 saturated carbocycles. The molecule has 1 atom stereocenters. The quantitative estimate of drug-likeness (QED) is 0.577. The number of primary amides is 1. The van der Waals surface area contributed by atoms with Crippen molar-refractivity contribution in [1.29, 1.82) is 5.26 Å². The molecule has 0 aliphatic heterocycles. The highest BCUT2D eigenvalue weighted by Crippen LogP contribution is 2.39. The molecule has 3 aliphatic rings. The van der Waals surface area contributed by atoms with Crippen molar-refractivity contribution in [1.82, 2.24) is 15.1 Å². The molecule has 0 spiro atoms. The molecule has 170 valence electrons. The fraction of sp³-hybridized carbons (Fsp3) is 0.583. The van der Waals surface area contributed by atoms with Crippen molar-refractivity contribution in [3.8, 4) is 6.07 Å². The monoisotopic (exact) mass is 436 g/mol. The van der Waals surface area contributed by atoms with Crippen LogP contribution in [-0.2, 0) is 10.3 Å². The molecule has 2 fully saturated rings. The van der Waals surface area contributed by atoms with E-state index in [9.17, 15) is 14.9 Å². The zero-order valence-corrected chi connectivity index (χ0v) is 18.6. The standard InChI is InChI=1S/C24H32N6O2/c1-16-4-2-3-5-18(16)14-27-19-8-10-24(11-9-19,12-13-25)30-15-20(21(26)31)22(29-30)28-23(32)17-6-7-17/h2-3,5,15-17,19,27H,4,6-12,14H2,1H3,(H2,26,31)(H,28,29,32)/t16?,19-,24-. The lowest BCUT2D eigenvalue weighted by atomic mass is 9.77. The van der Waals surface area contributed by atoms with Gasteiger partial charge in [-0.3, -0.25) is 14.3 Å². The average molecular weight is 437 g/mol. The predicted octanol–water partition coefficient (Wildman–Crippen LogP) is 2.99. The third kappa shape index (κ3) is 4.78. The molecule has 0 saturated heterocycles. The Kier molecular flexibility index (Phi) is 6.47. The molecule has 4 N–H and O–H groups in total. The first-order valence-corrected chi connectivity index (χ1v) is 11.6. The van der Waals surface area contributed by atoms with E-state index in [1.54, 1.807) is 10.9 Å². The number of nitriles is 1. The average Bonchev–Trinajstić information content (AvgIpc) is 3.54. The van der Waals surface area contributed by atoms with Gasteiger partial charge in [0.25, 0.3) is 5.91 Å². The third-order valence-electron chi connectivity index (χ3n) is 7.14. The number of hydrogen-bond donors (Lipinski definition) is 3. The van der Waals surface area contributed by atoms with E-state index in [-0.39, 0.29) is 23.2 Å². The molecule has 8 heteroatoms. The number of nitrogens with one attached hydrogen (secondary N) is 2. The fourth-order valence-electron chi connectivity index (χ4n) is 4.73. The second-order valence-corrected chi connectivity index (χ2v) is 9.48. The predicted molar refractivity (Wildman–Crippen MR) is 122 cm³/mol. The van der Waals surface area contributed by atoms with E-state index in [1.807, 2.05) is 0 Å². The van der Waals surface area contributed by atoms with Gasteiger partial charge in [0.15, 0.2) is 5.82 Å². The summed E-state index contributed by atoms with van der Waals surface area (Å²) in [5.74, 6) is 0.00957. The highest BCUT2D eigenvalue weighted by Gasteiger charge is 2.39. The summed E-state index contributed by atoms with van der Waals surface area (Å²) in [4.78, 5) is 24.2. The Morgan fingerprint density at radius 3 is 2.69 bits per heavy atom. The SMILES string of the molecule is CC1CC=CC=C1CN[C@H]1CC[C@](CC#N)(n2cc(C(N)=O)c(NC(=O)C3CC3)n2)CC1. The van der Waals surface area contributed by atoms with Crippen LogP contribution >= 0.6 is 0 Å². The molecule has 1 aromatic rings. The number of amides is 2. The molecule has 1 unspecified atom stereocenters. The second-order valence-electron chi connectivity index (χ2n) is 9.48. The van der Waals surface area contributed by atoms with Gasteiger partial charge in [-0.05, 0) is 50.9 Å². The molecule has 4 rings (SSSR count). The number of anilines is 1. The molecule has 3 aliphatic carbocycles. The molecule has 0 bridgehead atoms. The highest BCUT2D eigenvalue weighted by atomic mass is 16.2. The van der Waals surface area contributed by atoms with Gasteiger partial charge in [0.05, 0.1) is 18.0 Å². The summed E-state index contributed by atoms with van der Waals surface area (Å²) in [5.41, 5.74) is 6.68. The van der Waals surface area contributed by atoms with Gasteiger partial charge in [-0.15, -0.1) is 0 Å². The minimum absolute atomic E-state index is 0.00653. The summed E-state index contributed by atoms with van der Waals surface area (Å²) in [6, 6.07) is 2.68. The normalized spacial score (nSPS) is 27.4. The number of allylic oxidation sites excluding steroid dienone is 3. The van der Waals surface area contributed by atoms with E-state index in [1.165, 1.54) is 5.57 Å². The smallest absolute Gasteiger partial charge is 0.254 e. The summed E-state index contributed by atoms with van der Waals surface area (Å²) in [6.45, 7) is 3.13. The lowest BCUT2D eigenvalue weighted by molar-refractivity contribution is -0.117. The minimum atomic E-state index is -0.631. The number of aromatic nitrogens is 2. The maximum Gasteiger partial charge on any atom is 0.254 e. The number of carbonyl (C=O) groups is 2. The van der Waals surface area contributed by atoms with E-state index >= 15 is 0 Å². The van der Waals surface area contributed by atoms with Crippen molar-refractivity contribution in [2.45, 2.75) is 69.9 Å². The van der Waals surface area contributed by atoms with Crippen LogP contribution < -0.4 is 16.4 Å². The van der Waals surface area contributed by atoms with Crippen LogP contribution in [0.3, 0.4) is 0 Å². The first-order chi connectivity index (χ1) is 15.4. The first-order valence-electron chi connectivity index (χ1n) is 11.6. The molecule has 8 nitrogen and oxygen atoms in total. The fourth-order valence-corrected chi connectivity index (χ4v) is 4.73. The molecule has 32 heavy (non-hydrogen) atoms. The third-order valence-corrected chi connectivity index (χ3v) is 7.14. The Morgan fingerprint density at radius 2 is 2.06 bits per heavy atom. The number of hydrogen-bond acceptors (Lipinski definition) is 5. The zero-order valence-electron chi connectivity index (χ0n) is 18.6. The van der Waals surface area contributed by atoms with Gasteiger partial charge in [-0.1, -0.05) is 30.7 Å². The summed E-state index contributed by atoms with van der Waals surface area (Å²) in [7, 11) is 0. The number of nitrogens with two attached hydrogens (primary N) is 1. The lowest BCUT2D eigenvalue weighted by Gasteiger charge is -2.39. The summed E-state index contributed by atoms with van der Waals surface area (Å²) in [5, 5.41) is 20.5. The van der Waals surface area contributed by atoms with Crippen LogP contribution in [0.5, 0.6) is 0 Å². The van der Waals surface area contributed by atoms with Gasteiger partial charge in [0, 0.05) is 24.7 Å². The van der Waals surface area contributed by atoms with Crippen LogP contribution in [0.1, 0.15) is 68.6 Å². The van der Waals surface area contributed by atoms with Crippen LogP contribution in [0.25, 0.3) is 0 Å². The van der Waals surface area contributed by atoms with Crippen molar-refractivity contribution in [2.24, 2.45) is 17.6 Å². The summed E-state index contributed by atoms with van der Waals surface area (Å²) < 4.78 is 1.71. The molecular formula is C24H32N6O2. The van der Waals surface area contributed by atoms with Gasteiger partial charge < -0.3 is 16.4 Å². The van der Waals surface area contributed by atoms with Gasteiger partial charge in [-0.25, -0.2) is 0 Å². The molecule has 1 heterocycles. The van der Waals surface area contributed by atoms with E-state index < -0.39 is 11.4 Å². The van der Waals surface area contributed by atoms with Crippen molar-refractivity contribution in [3.63, 3.8) is 0 Å². The maximum absolute atomic E-state index is 12.2. The Bertz CT molecular complexity index is 973. The first kappa shape index (κ1) is 22.3. The van der Waals surface area contributed by atoms with E-state index in [0.717, 1.165) is 51.5 Å². The number of nitrogens with zero attached hydrogens (tertiary/aromatic N) is 3. The van der Waals surface area contributed by atoms with Crippen molar-refractivity contribution >= 4 is 17.6 Å². The van der Waals surface area contributed by atoms with Crippen LogP contribution in [0.4, 0.5) is 5.82 Å². The van der Waals surface area contributed by atoms with Gasteiger partial charge in [0.1, 0.15) is 5.56 Å². The maximum atomic E-state index is 12.2. The molecule has 2 amide bonds. The Hall–Kier alpha value is -2.92. The summed E-state index contributed by atoms with van der Waals surface area (Å²) >= 11 is 0. The topological polar surface area (TPSA) is 126 Å². The Balaban J connectivity index is 1.45. The largest absolute Gasteiger partial charge is 0.365 e. The molecule has 0 aromatic carbocycles. The van der Waals surface area contributed by atoms with E-state index in [2.05, 4.69) is 47.0 Å². The van der Waals surface area contributed by atoms with Crippen LogP contribution in [0.2, 0.25) is 0 Å². The van der Waals surface area contributed by atoms with Crippen molar-refractivity contribution in [3.05, 3.63) is 35.6 Å². The second kappa shape index (κ2) is 9.29. The van der Waals surface area contributed by atoms with E-state index in [0.29, 0.717) is 18.4 Å². The van der Waals surface area contributed by atoms with Gasteiger partial charge >= 0.3 is 0 Å². The van der Waals surface area contributed by atoms with Gasteiger partial charge in [0.2, 0.25) is 5.91 Å².